The van der Waals surface area contributed by atoms with Gasteiger partial charge in [0.15, 0.2) is 0 Å². The molecule has 6 heteroatoms. The number of carbonyl (C=O) groups is 1. The number of hydrogen-bond acceptors (Lipinski definition) is 5. The summed E-state index contributed by atoms with van der Waals surface area (Å²) in [7, 11) is 0. The molecule has 4 rings (SSSR count). The lowest BCUT2D eigenvalue weighted by Crippen LogP contribution is -2.33. The van der Waals surface area contributed by atoms with Crippen molar-refractivity contribution in [1.82, 2.24) is 4.90 Å². The first-order chi connectivity index (χ1) is 15.7. The molecule has 0 saturated carbocycles. The van der Waals surface area contributed by atoms with Gasteiger partial charge in [0.1, 0.15) is 12.4 Å². The summed E-state index contributed by atoms with van der Waals surface area (Å²) in [6.07, 6.45) is 0.945. The van der Waals surface area contributed by atoms with Crippen LogP contribution in [0.5, 0.6) is 0 Å². The molecule has 0 saturated heterocycles. The van der Waals surface area contributed by atoms with Gasteiger partial charge in [-0.2, -0.15) is 0 Å². The molecule has 2 aliphatic heterocycles. The molecule has 0 atom stereocenters. The fraction of sp³-hybridized carbons (Fsp3) is 0.423. The van der Waals surface area contributed by atoms with E-state index in [2.05, 4.69) is 28.4 Å². The van der Waals surface area contributed by atoms with Crippen LogP contribution in [-0.2, 0) is 32.0 Å². The van der Waals surface area contributed by atoms with Crippen LogP contribution in [0.2, 0.25) is 0 Å². The van der Waals surface area contributed by atoms with E-state index in [1.807, 2.05) is 38.1 Å². The molecule has 0 unspecified atom stereocenters. The van der Waals surface area contributed by atoms with Crippen LogP contribution in [0.3, 0.4) is 0 Å². The molecule has 2 heterocycles. The Morgan fingerprint density at radius 2 is 1.72 bits per heavy atom. The van der Waals surface area contributed by atoms with E-state index in [1.165, 1.54) is 5.56 Å². The van der Waals surface area contributed by atoms with Crippen LogP contribution in [0.15, 0.2) is 42.5 Å². The average Bonchev–Trinajstić information content (AvgIpc) is 3.36. The Kier molecular flexibility index (Phi) is 7.58. The number of ether oxygens (including phenoxy) is 3. The van der Waals surface area contributed by atoms with Gasteiger partial charge in [-0.1, -0.05) is 36.4 Å². The first-order valence-corrected chi connectivity index (χ1v) is 11.5. The lowest BCUT2D eigenvalue weighted by atomic mass is 9.98. The number of hydrogen-bond donors (Lipinski definition) is 1. The Morgan fingerprint density at radius 1 is 0.969 bits per heavy atom. The standard InChI is InChI=1S/C26H32N2O4/c1-3-30-15-13-28(14-16-31-4-2)12-11-19-9-10-21-20(17-19)18-32-25(21)24-22-7-5-6-8-23(22)27-26(24)29/h5-10,17H,3-4,11-16,18H2,1-2H3,(H,27,29). The number of para-hydroxylation sites is 1. The highest BCUT2D eigenvalue weighted by atomic mass is 16.5. The van der Waals surface area contributed by atoms with E-state index < -0.39 is 0 Å². The fourth-order valence-electron chi connectivity index (χ4n) is 4.22. The van der Waals surface area contributed by atoms with E-state index in [-0.39, 0.29) is 5.91 Å². The van der Waals surface area contributed by atoms with Crippen molar-refractivity contribution in [2.24, 2.45) is 0 Å². The topological polar surface area (TPSA) is 60.0 Å². The van der Waals surface area contributed by atoms with Crippen molar-refractivity contribution in [3.8, 4) is 0 Å². The molecule has 0 radical (unpaired) electrons. The lowest BCUT2D eigenvalue weighted by molar-refractivity contribution is -0.110. The quantitative estimate of drug-likeness (QED) is 0.427. The molecule has 1 N–H and O–H groups in total. The summed E-state index contributed by atoms with van der Waals surface area (Å²) in [5, 5.41) is 2.94. The minimum absolute atomic E-state index is 0.0997. The first kappa shape index (κ1) is 22.5. The number of fused-ring (bicyclic) bond motifs is 2. The Morgan fingerprint density at radius 3 is 2.47 bits per heavy atom. The fourth-order valence-corrected chi connectivity index (χ4v) is 4.22. The Hall–Kier alpha value is -2.67. The van der Waals surface area contributed by atoms with E-state index >= 15 is 0 Å². The van der Waals surface area contributed by atoms with Crippen molar-refractivity contribution in [1.29, 1.82) is 0 Å². The van der Waals surface area contributed by atoms with E-state index in [1.54, 1.807) is 0 Å². The number of carbonyl (C=O) groups excluding carboxylic acids is 1. The highest BCUT2D eigenvalue weighted by Gasteiger charge is 2.32. The second kappa shape index (κ2) is 10.8. The second-order valence-corrected chi connectivity index (χ2v) is 7.97. The van der Waals surface area contributed by atoms with Gasteiger partial charge in [0.05, 0.1) is 18.8 Å². The number of nitrogens with one attached hydrogen (secondary N) is 1. The Bertz CT molecular complexity index is 976. The molecule has 0 spiro atoms. The van der Waals surface area contributed by atoms with Gasteiger partial charge in [-0.15, -0.1) is 0 Å². The predicted molar refractivity (Wildman–Crippen MR) is 126 cm³/mol. The highest BCUT2D eigenvalue weighted by Crippen LogP contribution is 2.41. The van der Waals surface area contributed by atoms with E-state index in [0.717, 1.165) is 74.9 Å². The zero-order valence-electron chi connectivity index (χ0n) is 19.0. The summed E-state index contributed by atoms with van der Waals surface area (Å²) in [6.45, 7) is 10.2. The minimum atomic E-state index is -0.0997. The summed E-state index contributed by atoms with van der Waals surface area (Å²) in [4.78, 5) is 15.0. The molecular formula is C26H32N2O4. The first-order valence-electron chi connectivity index (χ1n) is 11.5. The third-order valence-corrected chi connectivity index (χ3v) is 5.91. The molecule has 0 fully saturated rings. The summed E-state index contributed by atoms with van der Waals surface area (Å²) < 4.78 is 17.1. The van der Waals surface area contributed by atoms with Gasteiger partial charge in [-0.25, -0.2) is 0 Å². The van der Waals surface area contributed by atoms with Crippen molar-refractivity contribution in [2.75, 3.05) is 51.4 Å². The number of amides is 1. The maximum Gasteiger partial charge on any atom is 0.260 e. The number of benzene rings is 2. The number of anilines is 1. The van der Waals surface area contributed by atoms with Gasteiger partial charge in [0.2, 0.25) is 0 Å². The van der Waals surface area contributed by atoms with Gasteiger partial charge in [0, 0.05) is 55.2 Å². The molecule has 0 aliphatic carbocycles. The average molecular weight is 437 g/mol. The molecule has 0 aromatic heterocycles. The van der Waals surface area contributed by atoms with Crippen LogP contribution < -0.4 is 5.32 Å². The monoisotopic (exact) mass is 436 g/mol. The normalized spacial score (nSPS) is 16.8. The Labute approximate surface area is 190 Å². The van der Waals surface area contributed by atoms with E-state index in [9.17, 15) is 4.79 Å². The van der Waals surface area contributed by atoms with Gasteiger partial charge < -0.3 is 19.5 Å². The smallest absolute Gasteiger partial charge is 0.260 e. The molecule has 0 bridgehead atoms. The van der Waals surface area contributed by atoms with Gasteiger partial charge in [-0.05, 0) is 31.9 Å². The van der Waals surface area contributed by atoms with Crippen molar-refractivity contribution < 1.29 is 19.0 Å². The van der Waals surface area contributed by atoms with Crippen molar-refractivity contribution in [3.63, 3.8) is 0 Å². The largest absolute Gasteiger partial charge is 0.487 e. The number of nitrogens with zero attached hydrogens (tertiary/aromatic N) is 1. The summed E-state index contributed by atoms with van der Waals surface area (Å²) >= 11 is 0. The molecule has 2 aromatic rings. The number of rotatable bonds is 11. The summed E-state index contributed by atoms with van der Waals surface area (Å²) in [5.74, 6) is 0.585. The van der Waals surface area contributed by atoms with Crippen LogP contribution in [0.4, 0.5) is 5.69 Å². The maximum atomic E-state index is 12.6. The van der Waals surface area contributed by atoms with E-state index in [0.29, 0.717) is 17.9 Å². The summed E-state index contributed by atoms with van der Waals surface area (Å²) in [5.41, 5.74) is 5.80. The third-order valence-electron chi connectivity index (χ3n) is 5.91. The molecule has 170 valence electrons. The van der Waals surface area contributed by atoms with Crippen molar-refractivity contribution in [3.05, 3.63) is 64.7 Å². The van der Waals surface area contributed by atoms with Crippen LogP contribution >= 0.6 is 0 Å². The molecule has 6 nitrogen and oxygen atoms in total. The predicted octanol–water partition coefficient (Wildman–Crippen LogP) is 3.95. The molecule has 2 aromatic carbocycles. The van der Waals surface area contributed by atoms with Crippen LogP contribution in [0.1, 0.15) is 36.1 Å². The Balaban J connectivity index is 1.46. The summed E-state index contributed by atoms with van der Waals surface area (Å²) in [6, 6.07) is 14.2. The molecule has 2 aliphatic rings. The zero-order valence-corrected chi connectivity index (χ0v) is 19.0. The van der Waals surface area contributed by atoms with Gasteiger partial charge in [0.25, 0.3) is 5.91 Å². The van der Waals surface area contributed by atoms with Crippen LogP contribution in [0, 0.1) is 0 Å². The van der Waals surface area contributed by atoms with Crippen LogP contribution in [-0.4, -0.2) is 56.9 Å². The molecule has 1 amide bonds. The van der Waals surface area contributed by atoms with E-state index in [4.69, 9.17) is 14.2 Å². The van der Waals surface area contributed by atoms with Gasteiger partial charge >= 0.3 is 0 Å². The van der Waals surface area contributed by atoms with Crippen molar-refractivity contribution >= 4 is 22.9 Å². The van der Waals surface area contributed by atoms with Crippen LogP contribution in [0.25, 0.3) is 11.3 Å². The SMILES string of the molecule is CCOCCN(CCOCC)CCc1ccc2c(c1)COC2=C1C(=O)Nc2ccccc21. The maximum absolute atomic E-state index is 12.6. The minimum Gasteiger partial charge on any atom is -0.487 e. The second-order valence-electron chi connectivity index (χ2n) is 7.97. The zero-order chi connectivity index (χ0) is 22.3. The lowest BCUT2D eigenvalue weighted by Gasteiger charge is -2.22. The van der Waals surface area contributed by atoms with Gasteiger partial charge in [-0.3, -0.25) is 9.69 Å². The molecular weight excluding hydrogens is 404 g/mol. The third kappa shape index (κ3) is 5.04. The van der Waals surface area contributed by atoms with Crippen molar-refractivity contribution in [2.45, 2.75) is 26.9 Å². The molecule has 32 heavy (non-hydrogen) atoms. The highest BCUT2D eigenvalue weighted by molar-refractivity contribution is 6.36.